The van der Waals surface area contributed by atoms with Crippen LogP contribution in [0.25, 0.3) is 0 Å². The zero-order valence-electron chi connectivity index (χ0n) is 13.5. The topological polar surface area (TPSA) is 74.6 Å². The van der Waals surface area contributed by atoms with Gasteiger partial charge in [-0.2, -0.15) is 0 Å². The molecule has 2 N–H and O–H groups in total. The van der Waals surface area contributed by atoms with E-state index in [4.69, 9.17) is 0 Å². The second-order valence-corrected chi connectivity index (χ2v) is 6.37. The van der Waals surface area contributed by atoms with Gasteiger partial charge in [0.1, 0.15) is 5.60 Å². The molecular weight excluding hydrogens is 304 g/mol. The van der Waals surface area contributed by atoms with E-state index in [1.54, 1.807) is 61.5 Å². The normalized spacial score (nSPS) is 18.3. The van der Waals surface area contributed by atoms with Gasteiger partial charge in [-0.05, 0) is 12.0 Å². The number of hydrogen-bond acceptors (Lipinski definition) is 4. The molecule has 124 valence electrons. The zero-order valence-corrected chi connectivity index (χ0v) is 13.5. The van der Waals surface area contributed by atoms with E-state index < -0.39 is 17.6 Å². The molecule has 0 spiro atoms. The molecule has 4 nitrogen and oxygen atoms in total. The predicted octanol–water partition coefficient (Wildman–Crippen LogP) is 2.73. The molecule has 0 saturated carbocycles. The Labute approximate surface area is 140 Å². The number of fused-ring (bicyclic) bond motifs is 1. The first-order valence-corrected chi connectivity index (χ1v) is 8.06. The van der Waals surface area contributed by atoms with E-state index >= 15 is 0 Å². The number of Topliss-reactive ketones (excluding diaryl/α,β-unsaturated/α-hetero) is 2. The van der Waals surface area contributed by atoms with Gasteiger partial charge in [0.2, 0.25) is 0 Å². The highest BCUT2D eigenvalue weighted by atomic mass is 16.3. The van der Waals surface area contributed by atoms with Gasteiger partial charge in [0, 0.05) is 17.5 Å². The maximum Gasteiger partial charge on any atom is 0.177 e. The van der Waals surface area contributed by atoms with Crippen molar-refractivity contribution in [3.63, 3.8) is 0 Å². The van der Waals surface area contributed by atoms with E-state index in [-0.39, 0.29) is 24.4 Å². The largest absolute Gasteiger partial charge is 0.393 e. The summed E-state index contributed by atoms with van der Waals surface area (Å²) in [4.78, 5) is 25.9. The Morgan fingerprint density at radius 2 is 1.42 bits per heavy atom. The van der Waals surface area contributed by atoms with Crippen molar-refractivity contribution in [3.05, 3.63) is 71.3 Å². The van der Waals surface area contributed by atoms with Gasteiger partial charge in [-0.25, -0.2) is 0 Å². The van der Waals surface area contributed by atoms with Gasteiger partial charge in [0.25, 0.3) is 0 Å². The Morgan fingerprint density at radius 1 is 0.917 bits per heavy atom. The van der Waals surface area contributed by atoms with E-state index in [1.165, 1.54) is 0 Å². The van der Waals surface area contributed by atoms with Gasteiger partial charge in [-0.3, -0.25) is 9.59 Å². The molecule has 0 bridgehead atoms. The van der Waals surface area contributed by atoms with Crippen LogP contribution in [-0.2, 0) is 5.60 Å². The monoisotopic (exact) mass is 324 g/mol. The molecular formula is C20H20O4. The lowest BCUT2D eigenvalue weighted by Gasteiger charge is -2.35. The first-order valence-electron chi connectivity index (χ1n) is 8.06. The highest BCUT2D eigenvalue weighted by Gasteiger charge is 2.55. The summed E-state index contributed by atoms with van der Waals surface area (Å²) in [5.74, 6) is -0.540. The van der Waals surface area contributed by atoms with Crippen LogP contribution in [0.5, 0.6) is 0 Å². The molecule has 0 aliphatic heterocycles. The van der Waals surface area contributed by atoms with Crippen LogP contribution in [0, 0.1) is 5.41 Å². The Balaban J connectivity index is 2.07. The van der Waals surface area contributed by atoms with Crippen LogP contribution < -0.4 is 0 Å². The molecule has 0 fully saturated rings. The second-order valence-electron chi connectivity index (χ2n) is 6.37. The Kier molecular flexibility index (Phi) is 4.11. The number of ketones is 2. The van der Waals surface area contributed by atoms with Gasteiger partial charge < -0.3 is 10.2 Å². The van der Waals surface area contributed by atoms with Crippen molar-refractivity contribution in [2.75, 3.05) is 6.61 Å². The predicted molar refractivity (Wildman–Crippen MR) is 89.9 cm³/mol. The van der Waals surface area contributed by atoms with Crippen LogP contribution in [0.1, 0.15) is 46.0 Å². The fourth-order valence-corrected chi connectivity index (χ4v) is 3.60. The number of hydrogen-bond donors (Lipinski definition) is 2. The number of benzene rings is 2. The minimum absolute atomic E-state index is 0.136. The van der Waals surface area contributed by atoms with E-state index in [0.717, 1.165) is 0 Å². The highest BCUT2D eigenvalue weighted by Crippen LogP contribution is 2.47. The van der Waals surface area contributed by atoms with E-state index in [9.17, 15) is 19.8 Å². The first-order chi connectivity index (χ1) is 11.5. The summed E-state index contributed by atoms with van der Waals surface area (Å²) < 4.78 is 0. The standard InChI is InChI=1S/C20H20O4/c1-2-19(12-20(24,13-21)14-8-4-3-5-9-14)17(22)15-10-6-7-11-16(15)18(19)23/h3-11,21,24H,2,12-13H2,1H3. The lowest BCUT2D eigenvalue weighted by atomic mass is 9.70. The maximum atomic E-state index is 13.0. The molecule has 1 unspecified atom stereocenters. The third-order valence-electron chi connectivity index (χ3n) is 5.06. The van der Waals surface area contributed by atoms with Crippen LogP contribution in [-0.4, -0.2) is 28.4 Å². The summed E-state index contributed by atoms with van der Waals surface area (Å²) in [5, 5.41) is 20.8. The van der Waals surface area contributed by atoms with Crippen LogP contribution in [0.2, 0.25) is 0 Å². The van der Waals surface area contributed by atoms with E-state index in [2.05, 4.69) is 0 Å². The Morgan fingerprint density at radius 3 is 1.88 bits per heavy atom. The van der Waals surface area contributed by atoms with Gasteiger partial charge in [-0.1, -0.05) is 61.5 Å². The highest BCUT2D eigenvalue weighted by molar-refractivity contribution is 6.29. The Bertz CT molecular complexity index is 746. The number of rotatable bonds is 5. The maximum absolute atomic E-state index is 13.0. The van der Waals surface area contributed by atoms with Gasteiger partial charge in [0.05, 0.1) is 12.0 Å². The number of carbonyl (C=O) groups excluding carboxylic acids is 2. The lowest BCUT2D eigenvalue weighted by Crippen LogP contribution is -2.43. The van der Waals surface area contributed by atoms with E-state index in [0.29, 0.717) is 16.7 Å². The van der Waals surface area contributed by atoms with Gasteiger partial charge >= 0.3 is 0 Å². The summed E-state index contributed by atoms with van der Waals surface area (Å²) in [6, 6.07) is 15.4. The zero-order chi connectivity index (χ0) is 17.4. The summed E-state index contributed by atoms with van der Waals surface area (Å²) in [5.41, 5.74) is -1.69. The number of aliphatic hydroxyl groups is 2. The van der Waals surface area contributed by atoms with Crippen LogP contribution >= 0.6 is 0 Å². The molecule has 1 atom stereocenters. The fraction of sp³-hybridized carbons (Fsp3) is 0.300. The minimum Gasteiger partial charge on any atom is -0.393 e. The average molecular weight is 324 g/mol. The van der Waals surface area contributed by atoms with Crippen molar-refractivity contribution in [2.45, 2.75) is 25.4 Å². The van der Waals surface area contributed by atoms with E-state index in [1.807, 2.05) is 0 Å². The molecule has 0 amide bonds. The molecule has 0 saturated heterocycles. The van der Waals surface area contributed by atoms with Gasteiger partial charge in [-0.15, -0.1) is 0 Å². The minimum atomic E-state index is -1.65. The quantitative estimate of drug-likeness (QED) is 0.829. The third kappa shape index (κ3) is 2.30. The second kappa shape index (κ2) is 5.96. The van der Waals surface area contributed by atoms with Crippen molar-refractivity contribution >= 4 is 11.6 Å². The van der Waals surface area contributed by atoms with Crippen molar-refractivity contribution in [1.29, 1.82) is 0 Å². The molecule has 3 rings (SSSR count). The SMILES string of the molecule is CCC1(CC(O)(CO)c2ccccc2)C(=O)c2ccccc2C1=O. The summed E-state index contributed by atoms with van der Waals surface area (Å²) >= 11 is 0. The van der Waals surface area contributed by atoms with Crippen LogP contribution in [0.3, 0.4) is 0 Å². The molecule has 1 aliphatic carbocycles. The molecule has 0 heterocycles. The lowest BCUT2D eigenvalue weighted by molar-refractivity contribution is -0.0473. The molecule has 4 heteroatoms. The summed E-state index contributed by atoms with van der Waals surface area (Å²) in [6.07, 6.45) is 0.137. The number of aliphatic hydroxyl groups excluding tert-OH is 1. The first kappa shape index (κ1) is 16.6. The van der Waals surface area contributed by atoms with Crippen molar-refractivity contribution in [1.82, 2.24) is 0 Å². The van der Waals surface area contributed by atoms with Crippen LogP contribution in [0.15, 0.2) is 54.6 Å². The van der Waals surface area contributed by atoms with Crippen molar-refractivity contribution < 1.29 is 19.8 Å². The third-order valence-corrected chi connectivity index (χ3v) is 5.06. The molecule has 0 radical (unpaired) electrons. The molecule has 2 aromatic rings. The number of carbonyl (C=O) groups is 2. The summed E-state index contributed by atoms with van der Waals surface area (Å²) in [6.45, 7) is 1.21. The van der Waals surface area contributed by atoms with Crippen molar-refractivity contribution in [3.8, 4) is 0 Å². The molecule has 1 aliphatic rings. The fourth-order valence-electron chi connectivity index (χ4n) is 3.60. The van der Waals surface area contributed by atoms with Gasteiger partial charge in [0.15, 0.2) is 11.6 Å². The molecule has 24 heavy (non-hydrogen) atoms. The summed E-state index contributed by atoms with van der Waals surface area (Å²) in [7, 11) is 0. The molecule has 0 aromatic heterocycles. The molecule has 2 aromatic carbocycles. The smallest absolute Gasteiger partial charge is 0.177 e. The Hall–Kier alpha value is -2.30. The average Bonchev–Trinajstić information content (AvgIpc) is 2.85. The van der Waals surface area contributed by atoms with Crippen LogP contribution in [0.4, 0.5) is 0 Å². The van der Waals surface area contributed by atoms with Crippen molar-refractivity contribution in [2.24, 2.45) is 5.41 Å².